The molecule has 0 unspecified atom stereocenters. The lowest BCUT2D eigenvalue weighted by molar-refractivity contribution is 0.331. The zero-order valence-corrected chi connectivity index (χ0v) is 9.13. The second-order valence-corrected chi connectivity index (χ2v) is 3.50. The molecular formula is C10H7Cl2NO2. The summed E-state index contributed by atoms with van der Waals surface area (Å²) < 4.78 is 10.4. The lowest BCUT2D eigenvalue weighted by Crippen LogP contribution is -1.84. The molecule has 0 bridgehead atoms. The lowest BCUT2D eigenvalue weighted by atomic mass is 10.3. The zero-order valence-electron chi connectivity index (χ0n) is 7.61. The minimum absolute atomic E-state index is 0.160. The van der Waals surface area contributed by atoms with Crippen LogP contribution in [0, 0.1) is 0 Å². The van der Waals surface area contributed by atoms with Gasteiger partial charge in [0.15, 0.2) is 0 Å². The fourth-order valence-electron chi connectivity index (χ4n) is 1.03. The van der Waals surface area contributed by atoms with Crippen molar-refractivity contribution in [3.63, 3.8) is 0 Å². The molecule has 1 heterocycles. The van der Waals surface area contributed by atoms with Crippen molar-refractivity contribution in [2.75, 3.05) is 0 Å². The molecule has 0 saturated carbocycles. The summed E-state index contributed by atoms with van der Waals surface area (Å²) in [5.41, 5.74) is 0.633. The van der Waals surface area contributed by atoms with Crippen LogP contribution < -0.4 is 4.74 Å². The molecule has 0 aliphatic carbocycles. The van der Waals surface area contributed by atoms with Gasteiger partial charge in [-0.3, -0.25) is 0 Å². The third-order valence-electron chi connectivity index (χ3n) is 1.67. The Labute approximate surface area is 96.6 Å². The van der Waals surface area contributed by atoms with Crippen molar-refractivity contribution in [2.24, 2.45) is 0 Å². The fourth-order valence-corrected chi connectivity index (χ4v) is 1.33. The number of aromatic nitrogens is 1. The van der Waals surface area contributed by atoms with Crippen LogP contribution >= 0.6 is 23.2 Å². The van der Waals surface area contributed by atoms with Crippen LogP contribution in [0.3, 0.4) is 0 Å². The van der Waals surface area contributed by atoms with E-state index in [2.05, 4.69) is 4.98 Å². The summed E-state index contributed by atoms with van der Waals surface area (Å²) in [5.74, 6) is 0.869. The summed E-state index contributed by atoms with van der Waals surface area (Å²) in [6, 6.07) is 6.97. The summed E-state index contributed by atoms with van der Waals surface area (Å²) in [6.07, 6.45) is 1.61. The normalized spacial score (nSPS) is 10.3. The number of hydrogen-bond acceptors (Lipinski definition) is 3. The molecule has 0 radical (unpaired) electrons. The molecule has 0 N–H and O–H groups in total. The average Bonchev–Trinajstić information content (AvgIpc) is 2.65. The van der Waals surface area contributed by atoms with Gasteiger partial charge in [0.05, 0.1) is 11.6 Å². The van der Waals surface area contributed by atoms with Crippen molar-refractivity contribution >= 4 is 23.2 Å². The van der Waals surface area contributed by atoms with Gasteiger partial charge in [-0.1, -0.05) is 17.7 Å². The van der Waals surface area contributed by atoms with E-state index < -0.39 is 0 Å². The number of ether oxygens (including phenoxy) is 1. The Hall–Kier alpha value is -1.19. The van der Waals surface area contributed by atoms with E-state index in [0.717, 1.165) is 0 Å². The van der Waals surface area contributed by atoms with Crippen LogP contribution in [-0.2, 0) is 5.88 Å². The Balaban J connectivity index is 2.14. The highest BCUT2D eigenvalue weighted by Gasteiger charge is 2.05. The van der Waals surface area contributed by atoms with Crippen LogP contribution in [0.1, 0.15) is 5.69 Å². The summed E-state index contributed by atoms with van der Waals surface area (Å²) in [5, 5.41) is 0.594. The third kappa shape index (κ3) is 2.64. The zero-order chi connectivity index (χ0) is 10.7. The van der Waals surface area contributed by atoms with E-state index >= 15 is 0 Å². The molecule has 1 aromatic carbocycles. The Bertz CT molecular complexity index is 456. The molecule has 5 heteroatoms. The van der Waals surface area contributed by atoms with Crippen molar-refractivity contribution in [3.8, 4) is 11.8 Å². The van der Waals surface area contributed by atoms with Crippen molar-refractivity contribution in [1.82, 2.24) is 4.98 Å². The van der Waals surface area contributed by atoms with E-state index in [9.17, 15) is 0 Å². The van der Waals surface area contributed by atoms with Gasteiger partial charge in [-0.2, -0.15) is 4.98 Å². The van der Waals surface area contributed by atoms with Crippen LogP contribution in [0.5, 0.6) is 11.8 Å². The van der Waals surface area contributed by atoms with E-state index in [4.69, 9.17) is 32.4 Å². The molecule has 0 atom stereocenters. The summed E-state index contributed by atoms with van der Waals surface area (Å²) in [7, 11) is 0. The average molecular weight is 244 g/mol. The number of hydrogen-bond donors (Lipinski definition) is 0. The molecule has 0 aliphatic heterocycles. The molecule has 1 aromatic heterocycles. The number of halogens is 2. The largest absolute Gasteiger partial charge is 0.417 e. The minimum Gasteiger partial charge on any atom is -0.417 e. The van der Waals surface area contributed by atoms with E-state index in [0.29, 0.717) is 22.3 Å². The highest BCUT2D eigenvalue weighted by atomic mass is 35.5. The van der Waals surface area contributed by atoms with Crippen LogP contribution in [0.4, 0.5) is 0 Å². The molecule has 0 aliphatic rings. The van der Waals surface area contributed by atoms with E-state index in [1.54, 1.807) is 24.3 Å². The quantitative estimate of drug-likeness (QED) is 0.769. The van der Waals surface area contributed by atoms with E-state index in [1.165, 1.54) is 6.26 Å². The van der Waals surface area contributed by atoms with Gasteiger partial charge in [-0.15, -0.1) is 11.6 Å². The van der Waals surface area contributed by atoms with Gasteiger partial charge in [0, 0.05) is 5.02 Å². The number of alkyl halides is 1. The van der Waals surface area contributed by atoms with Gasteiger partial charge in [-0.05, 0) is 18.2 Å². The van der Waals surface area contributed by atoms with Gasteiger partial charge in [0.1, 0.15) is 12.0 Å². The molecule has 3 nitrogen and oxygen atoms in total. The van der Waals surface area contributed by atoms with Crippen molar-refractivity contribution in [3.05, 3.63) is 41.2 Å². The number of oxazole rings is 1. The molecule has 0 amide bonds. The smallest absolute Gasteiger partial charge is 0.399 e. The molecule has 15 heavy (non-hydrogen) atoms. The monoisotopic (exact) mass is 243 g/mol. The van der Waals surface area contributed by atoms with Crippen LogP contribution in [0.15, 0.2) is 34.9 Å². The maximum absolute atomic E-state index is 5.79. The van der Waals surface area contributed by atoms with Gasteiger partial charge in [-0.25, -0.2) is 0 Å². The van der Waals surface area contributed by atoms with Gasteiger partial charge < -0.3 is 9.15 Å². The SMILES string of the molecule is ClCc1coc(Oc2cccc(Cl)c2)n1. The Morgan fingerprint density at radius 3 is 2.93 bits per heavy atom. The third-order valence-corrected chi connectivity index (χ3v) is 2.18. The first-order valence-corrected chi connectivity index (χ1v) is 5.13. The maximum atomic E-state index is 5.79. The maximum Gasteiger partial charge on any atom is 0.399 e. The Morgan fingerprint density at radius 2 is 2.27 bits per heavy atom. The summed E-state index contributed by atoms with van der Waals surface area (Å²) in [6.45, 7) is 0. The summed E-state index contributed by atoms with van der Waals surface area (Å²) >= 11 is 11.4. The van der Waals surface area contributed by atoms with Gasteiger partial charge >= 0.3 is 6.08 Å². The molecule has 0 fully saturated rings. The number of nitrogens with zero attached hydrogens (tertiary/aromatic N) is 1. The van der Waals surface area contributed by atoms with Crippen molar-refractivity contribution in [1.29, 1.82) is 0 Å². The van der Waals surface area contributed by atoms with E-state index in [-0.39, 0.29) is 6.08 Å². The highest BCUT2D eigenvalue weighted by Crippen LogP contribution is 2.23. The predicted molar refractivity (Wildman–Crippen MR) is 57.6 cm³/mol. The number of rotatable bonds is 3. The Kier molecular flexibility index (Phi) is 3.14. The molecule has 2 rings (SSSR count). The Morgan fingerprint density at radius 1 is 1.40 bits per heavy atom. The van der Waals surface area contributed by atoms with Gasteiger partial charge in [0.2, 0.25) is 0 Å². The first-order chi connectivity index (χ1) is 7.28. The van der Waals surface area contributed by atoms with Crippen LogP contribution in [-0.4, -0.2) is 4.98 Å². The lowest BCUT2D eigenvalue weighted by Gasteiger charge is -1.99. The second kappa shape index (κ2) is 4.55. The number of benzene rings is 1. The summed E-state index contributed by atoms with van der Waals surface area (Å²) in [4.78, 5) is 3.99. The molecule has 2 aromatic rings. The standard InChI is InChI=1S/C10H7Cl2NO2/c11-5-8-6-14-10(13-8)15-9-3-1-2-7(12)4-9/h1-4,6H,5H2. The fraction of sp³-hybridized carbons (Fsp3) is 0.100. The predicted octanol–water partition coefficient (Wildman–Crippen LogP) is 3.86. The van der Waals surface area contributed by atoms with Crippen LogP contribution in [0.25, 0.3) is 0 Å². The van der Waals surface area contributed by atoms with E-state index in [1.807, 2.05) is 0 Å². The minimum atomic E-state index is 0.160. The topological polar surface area (TPSA) is 35.3 Å². The van der Waals surface area contributed by atoms with Crippen LogP contribution in [0.2, 0.25) is 5.02 Å². The van der Waals surface area contributed by atoms with Crippen molar-refractivity contribution < 1.29 is 9.15 Å². The molecule has 0 spiro atoms. The molecule has 78 valence electrons. The second-order valence-electron chi connectivity index (χ2n) is 2.80. The molecule has 0 saturated heterocycles. The highest BCUT2D eigenvalue weighted by molar-refractivity contribution is 6.30. The first kappa shape index (κ1) is 10.3. The van der Waals surface area contributed by atoms with Gasteiger partial charge in [0.25, 0.3) is 0 Å². The van der Waals surface area contributed by atoms with Crippen molar-refractivity contribution in [2.45, 2.75) is 5.88 Å². The molecular weight excluding hydrogens is 237 g/mol. The first-order valence-electron chi connectivity index (χ1n) is 4.22.